The van der Waals surface area contributed by atoms with E-state index in [1.807, 2.05) is 42.5 Å². The third-order valence-corrected chi connectivity index (χ3v) is 5.81. The predicted octanol–water partition coefficient (Wildman–Crippen LogP) is 4.45. The summed E-state index contributed by atoms with van der Waals surface area (Å²) in [6.07, 6.45) is -0.0456. The minimum absolute atomic E-state index is 0.169. The van der Waals surface area contributed by atoms with Gasteiger partial charge in [-0.3, -0.25) is 9.59 Å². The number of aromatic nitrogens is 1. The molecule has 0 bridgehead atoms. The highest BCUT2D eigenvalue weighted by molar-refractivity contribution is 6.30. The topological polar surface area (TPSA) is 101 Å². The highest BCUT2D eigenvalue weighted by Crippen LogP contribution is 2.38. The summed E-state index contributed by atoms with van der Waals surface area (Å²) in [5, 5.41) is 16.0. The second kappa shape index (κ2) is 9.46. The molecule has 8 nitrogen and oxygen atoms in total. The predicted molar refractivity (Wildman–Crippen MR) is 124 cm³/mol. The fourth-order valence-corrected chi connectivity index (χ4v) is 4.05. The first-order valence-electron chi connectivity index (χ1n) is 10.3. The highest BCUT2D eigenvalue weighted by Gasteiger charge is 2.35. The molecule has 0 spiro atoms. The van der Waals surface area contributed by atoms with Gasteiger partial charge in [0.1, 0.15) is 16.7 Å². The number of hydrogen-bond acceptors (Lipinski definition) is 6. The summed E-state index contributed by atoms with van der Waals surface area (Å²) < 4.78 is 10.5. The van der Waals surface area contributed by atoms with Gasteiger partial charge in [0.15, 0.2) is 0 Å². The van der Waals surface area contributed by atoms with E-state index in [9.17, 15) is 9.59 Å². The van der Waals surface area contributed by atoms with Crippen LogP contribution in [0.4, 0.5) is 0 Å². The van der Waals surface area contributed by atoms with Crippen molar-refractivity contribution in [2.75, 3.05) is 14.2 Å². The lowest BCUT2D eigenvalue weighted by Crippen LogP contribution is -2.27. The zero-order valence-corrected chi connectivity index (χ0v) is 18.9. The van der Waals surface area contributed by atoms with E-state index >= 15 is 0 Å². The van der Waals surface area contributed by atoms with Gasteiger partial charge in [-0.05, 0) is 54.1 Å². The van der Waals surface area contributed by atoms with Crippen molar-refractivity contribution in [1.82, 2.24) is 9.99 Å². The molecular formula is C24H22ClN3O5. The molecule has 1 unspecified atom stereocenters. The van der Waals surface area contributed by atoms with Gasteiger partial charge in [-0.25, -0.2) is 9.99 Å². The quantitative estimate of drug-likeness (QED) is 0.515. The lowest BCUT2D eigenvalue weighted by atomic mass is 9.98. The molecule has 0 saturated heterocycles. The number of hydrogen-bond donors (Lipinski definition) is 1. The molecule has 0 aliphatic carbocycles. The molecule has 4 rings (SSSR count). The molecule has 2 heterocycles. The fourth-order valence-electron chi connectivity index (χ4n) is 3.78. The van der Waals surface area contributed by atoms with Crippen molar-refractivity contribution < 1.29 is 24.2 Å². The highest BCUT2D eigenvalue weighted by atomic mass is 35.5. The van der Waals surface area contributed by atoms with Crippen LogP contribution in [0.25, 0.3) is 10.9 Å². The van der Waals surface area contributed by atoms with Crippen molar-refractivity contribution in [3.63, 3.8) is 0 Å². The molecular weight excluding hydrogens is 446 g/mol. The number of amides is 1. The van der Waals surface area contributed by atoms with E-state index in [2.05, 4.69) is 10.1 Å². The van der Waals surface area contributed by atoms with E-state index < -0.39 is 17.9 Å². The van der Waals surface area contributed by atoms with Gasteiger partial charge in [0.05, 0.1) is 37.9 Å². The van der Waals surface area contributed by atoms with Gasteiger partial charge in [-0.2, -0.15) is 5.10 Å². The van der Waals surface area contributed by atoms with Crippen molar-refractivity contribution in [2.45, 2.75) is 25.3 Å². The van der Waals surface area contributed by atoms with E-state index in [1.54, 1.807) is 20.3 Å². The normalized spacial score (nSPS) is 15.4. The number of ether oxygens (including phenoxy) is 2. The molecule has 3 aromatic rings. The van der Waals surface area contributed by atoms with Gasteiger partial charge in [0.2, 0.25) is 5.91 Å². The SMILES string of the molecule is COc1ccc(C2=NN(C(=O)CCC(=O)O)C(c3cc4cc(OC)ccc4nc3Cl)C2)cc1. The Balaban J connectivity index is 1.73. The number of fused-ring (bicyclic) bond motifs is 1. The molecule has 1 aromatic heterocycles. The molecule has 170 valence electrons. The lowest BCUT2D eigenvalue weighted by Gasteiger charge is -2.23. The van der Waals surface area contributed by atoms with Crippen LogP contribution in [0.2, 0.25) is 5.15 Å². The Hall–Kier alpha value is -3.65. The summed E-state index contributed by atoms with van der Waals surface area (Å²) in [6.45, 7) is 0. The number of halogens is 1. The van der Waals surface area contributed by atoms with Gasteiger partial charge in [0.25, 0.3) is 0 Å². The summed E-state index contributed by atoms with van der Waals surface area (Å²) in [6, 6.07) is 14.2. The van der Waals surface area contributed by atoms with E-state index in [4.69, 9.17) is 26.2 Å². The maximum atomic E-state index is 12.9. The van der Waals surface area contributed by atoms with Crippen LogP contribution >= 0.6 is 11.6 Å². The maximum absolute atomic E-state index is 12.9. The number of aliphatic carboxylic acids is 1. The Labute approximate surface area is 195 Å². The number of carbonyl (C=O) groups is 2. The molecule has 1 amide bonds. The Bertz CT molecular complexity index is 1240. The molecule has 0 radical (unpaired) electrons. The Morgan fingerprint density at radius 2 is 1.76 bits per heavy atom. The number of carbonyl (C=O) groups excluding carboxylic acids is 1. The molecule has 33 heavy (non-hydrogen) atoms. The Morgan fingerprint density at radius 3 is 2.42 bits per heavy atom. The maximum Gasteiger partial charge on any atom is 0.303 e. The third-order valence-electron chi connectivity index (χ3n) is 5.50. The molecule has 1 atom stereocenters. The largest absolute Gasteiger partial charge is 0.497 e. The monoisotopic (exact) mass is 467 g/mol. The first kappa shape index (κ1) is 22.5. The van der Waals surface area contributed by atoms with Gasteiger partial charge in [-0.1, -0.05) is 11.6 Å². The van der Waals surface area contributed by atoms with Crippen LogP contribution in [0, 0.1) is 0 Å². The molecule has 2 aromatic carbocycles. The van der Waals surface area contributed by atoms with Crippen molar-refractivity contribution >= 4 is 40.1 Å². The summed E-state index contributed by atoms with van der Waals surface area (Å²) in [7, 11) is 3.17. The zero-order chi connectivity index (χ0) is 23.5. The van der Waals surface area contributed by atoms with E-state index in [0.717, 1.165) is 10.9 Å². The van der Waals surface area contributed by atoms with Gasteiger partial charge in [0, 0.05) is 23.8 Å². The smallest absolute Gasteiger partial charge is 0.303 e. The van der Waals surface area contributed by atoms with Crippen molar-refractivity contribution in [2.24, 2.45) is 5.10 Å². The van der Waals surface area contributed by atoms with Crippen LogP contribution in [-0.4, -0.2) is 46.9 Å². The van der Waals surface area contributed by atoms with Crippen LogP contribution < -0.4 is 9.47 Å². The molecule has 1 aliphatic heterocycles. The van der Waals surface area contributed by atoms with E-state index in [1.165, 1.54) is 5.01 Å². The Morgan fingerprint density at radius 1 is 1.06 bits per heavy atom. The number of hydrazone groups is 1. The standard InChI is InChI=1S/C24H22ClN3O5/c1-32-16-5-3-14(4-6-16)20-13-21(28(27-20)22(29)9-10-23(30)31)18-12-15-11-17(33-2)7-8-19(15)26-24(18)25/h3-8,11-12,21H,9-10,13H2,1-2H3,(H,30,31). The summed E-state index contributed by atoms with van der Waals surface area (Å²) in [5.41, 5.74) is 2.85. The molecule has 0 fully saturated rings. The van der Waals surface area contributed by atoms with Crippen LogP contribution in [0.5, 0.6) is 11.5 Å². The average molecular weight is 468 g/mol. The average Bonchev–Trinajstić information content (AvgIpc) is 3.27. The third kappa shape index (κ3) is 4.75. The zero-order valence-electron chi connectivity index (χ0n) is 18.1. The van der Waals surface area contributed by atoms with Gasteiger partial charge in [-0.15, -0.1) is 0 Å². The van der Waals surface area contributed by atoms with Crippen molar-refractivity contribution in [3.05, 3.63) is 64.8 Å². The van der Waals surface area contributed by atoms with E-state index in [0.29, 0.717) is 34.7 Å². The Kier molecular flexibility index (Phi) is 6.46. The number of rotatable bonds is 7. The minimum Gasteiger partial charge on any atom is -0.497 e. The minimum atomic E-state index is -1.05. The summed E-state index contributed by atoms with van der Waals surface area (Å²) in [4.78, 5) is 28.4. The van der Waals surface area contributed by atoms with E-state index in [-0.39, 0.29) is 18.0 Å². The van der Waals surface area contributed by atoms with Crippen LogP contribution in [0.3, 0.4) is 0 Å². The van der Waals surface area contributed by atoms with Crippen molar-refractivity contribution in [3.8, 4) is 11.5 Å². The fraction of sp³-hybridized carbons (Fsp3) is 0.250. The van der Waals surface area contributed by atoms with Crippen LogP contribution in [0.15, 0.2) is 53.6 Å². The first-order chi connectivity index (χ1) is 15.9. The number of pyridine rings is 1. The first-order valence-corrected chi connectivity index (χ1v) is 10.7. The number of carboxylic acid groups (broad SMARTS) is 1. The van der Waals surface area contributed by atoms with Gasteiger partial charge < -0.3 is 14.6 Å². The number of benzene rings is 2. The van der Waals surface area contributed by atoms with Crippen molar-refractivity contribution in [1.29, 1.82) is 0 Å². The summed E-state index contributed by atoms with van der Waals surface area (Å²) >= 11 is 6.55. The van der Waals surface area contributed by atoms with Gasteiger partial charge >= 0.3 is 5.97 Å². The lowest BCUT2D eigenvalue weighted by molar-refractivity contribution is -0.141. The van der Waals surface area contributed by atoms with Crippen LogP contribution in [0.1, 0.15) is 36.4 Å². The molecule has 1 N–H and O–H groups in total. The number of nitrogens with zero attached hydrogens (tertiary/aromatic N) is 3. The molecule has 9 heteroatoms. The second-order valence-corrected chi connectivity index (χ2v) is 7.91. The molecule has 0 saturated carbocycles. The number of methoxy groups -OCH3 is 2. The van der Waals surface area contributed by atoms with Crippen LogP contribution in [-0.2, 0) is 9.59 Å². The second-order valence-electron chi connectivity index (χ2n) is 7.55. The molecule has 1 aliphatic rings. The number of carboxylic acids is 1. The summed E-state index contributed by atoms with van der Waals surface area (Å²) in [5.74, 6) is -0.0590.